The molecule has 0 bridgehead atoms. The molecule has 0 amide bonds. The third kappa shape index (κ3) is 31.3. The van der Waals surface area contributed by atoms with Crippen LogP contribution in [-0.2, 0) is 19.1 Å². The van der Waals surface area contributed by atoms with Gasteiger partial charge in [-0.05, 0) is 33.6 Å². The molecule has 49 heavy (non-hydrogen) atoms. The summed E-state index contributed by atoms with van der Waals surface area (Å²) in [6.45, 7) is 9.48. The fourth-order valence-electron chi connectivity index (χ4n) is 7.29. The largest absolute Gasteiger partial charge is 0.462 e. The lowest BCUT2D eigenvalue weighted by Crippen LogP contribution is -2.54. The van der Waals surface area contributed by atoms with E-state index in [1.54, 1.807) is 13.8 Å². The smallest absolute Gasteiger partial charge is 0.306 e. The molecule has 3 N–H and O–H groups in total. The van der Waals surface area contributed by atoms with Gasteiger partial charge in [0.2, 0.25) is 0 Å². The number of esters is 2. The van der Waals surface area contributed by atoms with Crippen molar-refractivity contribution in [3.63, 3.8) is 0 Å². The first-order valence-corrected chi connectivity index (χ1v) is 21.5. The molecule has 3 unspecified atom stereocenters. The van der Waals surface area contributed by atoms with Crippen LogP contribution in [0.5, 0.6) is 0 Å². The van der Waals surface area contributed by atoms with Gasteiger partial charge in [0.05, 0.1) is 5.92 Å². The summed E-state index contributed by atoms with van der Waals surface area (Å²) in [5, 5.41) is 10.7. The lowest BCUT2D eigenvalue weighted by Gasteiger charge is -2.37. The molecule has 0 radical (unpaired) electrons. The Morgan fingerprint density at radius 3 is 0.878 bits per heavy atom. The van der Waals surface area contributed by atoms with E-state index in [9.17, 15) is 14.7 Å². The molecule has 0 aliphatic heterocycles. The molecule has 3 atom stereocenters. The van der Waals surface area contributed by atoms with Crippen molar-refractivity contribution in [3.05, 3.63) is 0 Å². The first-order valence-electron chi connectivity index (χ1n) is 21.5. The van der Waals surface area contributed by atoms with E-state index < -0.39 is 23.9 Å². The summed E-state index contributed by atoms with van der Waals surface area (Å²) in [4.78, 5) is 25.2. The number of hydrogen-bond donors (Lipinski definition) is 2. The summed E-state index contributed by atoms with van der Waals surface area (Å²) in [7, 11) is 0. The second kappa shape index (κ2) is 34.0. The minimum absolute atomic E-state index is 0.284. The van der Waals surface area contributed by atoms with E-state index >= 15 is 0 Å². The second-order valence-corrected chi connectivity index (χ2v) is 15.5. The van der Waals surface area contributed by atoms with Crippen LogP contribution in [-0.4, -0.2) is 35.0 Å². The standard InChI is InChI=1S/C43H85NO5/c1-6-8-10-12-14-16-18-20-22-24-26-28-30-32-34-36-40(45)48-38(3)42(43(5,44)47)39(4)49-41(46)37-35-33-31-29-27-25-23-21-19-17-15-13-11-9-7-2/h38-39,42,47H,6-37,44H2,1-5H3. The fourth-order valence-corrected chi connectivity index (χ4v) is 7.29. The van der Waals surface area contributed by atoms with E-state index in [0.29, 0.717) is 12.8 Å². The van der Waals surface area contributed by atoms with Crippen LogP contribution >= 0.6 is 0 Å². The number of carbonyl (C=O) groups excluding carboxylic acids is 2. The number of hydrogen-bond acceptors (Lipinski definition) is 6. The molecular formula is C43H85NO5. The molecule has 0 spiro atoms. The summed E-state index contributed by atoms with van der Waals surface area (Å²) in [6, 6.07) is 0. The van der Waals surface area contributed by atoms with E-state index in [2.05, 4.69) is 13.8 Å². The Labute approximate surface area is 305 Å². The number of unbranched alkanes of at least 4 members (excludes halogenated alkanes) is 28. The molecule has 0 rings (SSSR count). The highest BCUT2D eigenvalue weighted by Crippen LogP contribution is 2.26. The molecule has 6 nitrogen and oxygen atoms in total. The molecule has 0 heterocycles. The number of ether oxygens (including phenoxy) is 2. The van der Waals surface area contributed by atoms with Crippen LogP contribution in [0, 0.1) is 5.92 Å². The van der Waals surface area contributed by atoms with Crippen LogP contribution in [0.1, 0.15) is 240 Å². The molecule has 0 aliphatic carbocycles. The van der Waals surface area contributed by atoms with Gasteiger partial charge in [0.15, 0.2) is 0 Å². The highest BCUT2D eigenvalue weighted by molar-refractivity contribution is 5.70. The van der Waals surface area contributed by atoms with Crippen molar-refractivity contribution in [2.45, 2.75) is 258 Å². The van der Waals surface area contributed by atoms with Gasteiger partial charge in [-0.25, -0.2) is 0 Å². The summed E-state index contributed by atoms with van der Waals surface area (Å²) >= 11 is 0. The Hall–Kier alpha value is -1.14. The number of carbonyl (C=O) groups is 2. The maximum atomic E-state index is 12.6. The first-order chi connectivity index (χ1) is 23.6. The van der Waals surface area contributed by atoms with Crippen molar-refractivity contribution in [2.24, 2.45) is 11.7 Å². The third-order valence-corrected chi connectivity index (χ3v) is 10.3. The Morgan fingerprint density at radius 1 is 0.469 bits per heavy atom. The quantitative estimate of drug-likeness (QED) is 0.0381. The van der Waals surface area contributed by atoms with E-state index in [1.807, 2.05) is 0 Å². The van der Waals surface area contributed by atoms with Crippen LogP contribution in [0.15, 0.2) is 0 Å². The Balaban J connectivity index is 3.97. The van der Waals surface area contributed by atoms with Crippen molar-refractivity contribution >= 4 is 11.9 Å². The predicted octanol–water partition coefficient (Wildman–Crippen LogP) is 12.7. The average molecular weight is 696 g/mol. The van der Waals surface area contributed by atoms with Crippen LogP contribution in [0.2, 0.25) is 0 Å². The monoisotopic (exact) mass is 696 g/mol. The highest BCUT2D eigenvalue weighted by atomic mass is 16.6. The Kier molecular flexibility index (Phi) is 33.2. The van der Waals surface area contributed by atoms with E-state index in [4.69, 9.17) is 15.2 Å². The van der Waals surface area contributed by atoms with Crippen LogP contribution in [0.4, 0.5) is 0 Å². The van der Waals surface area contributed by atoms with Crippen LogP contribution in [0.25, 0.3) is 0 Å². The van der Waals surface area contributed by atoms with E-state index in [0.717, 1.165) is 38.5 Å². The molecule has 0 saturated heterocycles. The Bertz CT molecular complexity index is 682. The first kappa shape index (κ1) is 47.9. The molecule has 0 aromatic carbocycles. The van der Waals surface area contributed by atoms with Gasteiger partial charge < -0.3 is 20.3 Å². The van der Waals surface area contributed by atoms with Gasteiger partial charge in [-0.3, -0.25) is 9.59 Å². The Morgan fingerprint density at radius 2 is 0.673 bits per heavy atom. The normalized spacial score (nSPS) is 14.7. The summed E-state index contributed by atoms with van der Waals surface area (Å²) in [5.41, 5.74) is 4.43. The zero-order valence-electron chi connectivity index (χ0n) is 33.5. The van der Waals surface area contributed by atoms with Crippen LogP contribution in [0.3, 0.4) is 0 Å². The van der Waals surface area contributed by atoms with Gasteiger partial charge in [0.1, 0.15) is 17.9 Å². The van der Waals surface area contributed by atoms with Crippen molar-refractivity contribution in [1.29, 1.82) is 0 Å². The van der Waals surface area contributed by atoms with Gasteiger partial charge in [-0.2, -0.15) is 0 Å². The lowest BCUT2D eigenvalue weighted by atomic mass is 9.87. The number of rotatable bonds is 37. The summed E-state index contributed by atoms with van der Waals surface area (Å²) in [5.74, 6) is -1.29. The molecular weight excluding hydrogens is 610 g/mol. The maximum Gasteiger partial charge on any atom is 0.306 e. The van der Waals surface area contributed by atoms with Crippen molar-refractivity contribution in [1.82, 2.24) is 0 Å². The molecule has 0 saturated carbocycles. The molecule has 292 valence electrons. The minimum Gasteiger partial charge on any atom is -0.462 e. The van der Waals surface area contributed by atoms with Crippen molar-refractivity contribution in [2.75, 3.05) is 0 Å². The van der Waals surface area contributed by atoms with Crippen LogP contribution < -0.4 is 5.73 Å². The second-order valence-electron chi connectivity index (χ2n) is 15.5. The van der Waals surface area contributed by atoms with Gasteiger partial charge in [0.25, 0.3) is 0 Å². The highest BCUT2D eigenvalue weighted by Gasteiger charge is 2.40. The number of aliphatic hydroxyl groups is 1. The molecule has 6 heteroatoms. The van der Waals surface area contributed by atoms with Gasteiger partial charge in [0, 0.05) is 12.8 Å². The topological polar surface area (TPSA) is 98.9 Å². The van der Waals surface area contributed by atoms with Gasteiger partial charge in [-0.15, -0.1) is 0 Å². The van der Waals surface area contributed by atoms with Gasteiger partial charge in [-0.1, -0.05) is 194 Å². The van der Waals surface area contributed by atoms with Crippen molar-refractivity contribution in [3.8, 4) is 0 Å². The number of nitrogens with two attached hydrogens (primary N) is 1. The molecule has 0 aliphatic rings. The average Bonchev–Trinajstić information content (AvgIpc) is 3.04. The van der Waals surface area contributed by atoms with Crippen molar-refractivity contribution < 1.29 is 24.2 Å². The zero-order valence-corrected chi connectivity index (χ0v) is 33.5. The third-order valence-electron chi connectivity index (χ3n) is 10.3. The maximum absolute atomic E-state index is 12.6. The van der Waals surface area contributed by atoms with Gasteiger partial charge >= 0.3 is 11.9 Å². The van der Waals surface area contributed by atoms with E-state index in [-0.39, 0.29) is 11.9 Å². The fraction of sp³-hybridized carbons (Fsp3) is 0.953. The van der Waals surface area contributed by atoms with E-state index in [1.165, 1.54) is 161 Å². The molecule has 0 aromatic rings. The minimum atomic E-state index is -1.65. The lowest BCUT2D eigenvalue weighted by molar-refractivity contribution is -0.173. The summed E-state index contributed by atoms with van der Waals surface area (Å²) in [6.07, 6.45) is 37.8. The molecule has 0 aromatic heterocycles. The summed E-state index contributed by atoms with van der Waals surface area (Å²) < 4.78 is 11.4. The predicted molar refractivity (Wildman–Crippen MR) is 209 cm³/mol. The SMILES string of the molecule is CCCCCCCCCCCCCCCCCC(=O)OC(C)C(C(C)OC(=O)CCCCCCCCCCCCCCCCC)C(C)(N)O. The zero-order chi connectivity index (χ0) is 36.4. The molecule has 0 fully saturated rings.